The molecule has 2 aromatic heterocycles. The molecule has 3 aliphatic carbocycles. The first-order chi connectivity index (χ1) is 14.4. The van der Waals surface area contributed by atoms with Crippen molar-refractivity contribution < 1.29 is 0 Å². The fourth-order valence-corrected chi connectivity index (χ4v) is 8.07. The summed E-state index contributed by atoms with van der Waals surface area (Å²) in [6, 6.07) is 11.0. The molecular weight excluding hydrogens is 366 g/mol. The van der Waals surface area contributed by atoms with Crippen LogP contribution in [0.2, 0.25) is 0 Å². The first kappa shape index (κ1) is 16.3. The van der Waals surface area contributed by atoms with Crippen LogP contribution in [-0.2, 0) is 10.8 Å². The van der Waals surface area contributed by atoms with Gasteiger partial charge in [0.2, 0.25) is 0 Å². The maximum atomic E-state index is 5.35. The molecule has 4 aliphatic rings. The Morgan fingerprint density at radius 2 is 1.73 bits per heavy atom. The first-order valence-electron chi connectivity index (χ1n) is 11.6. The van der Waals surface area contributed by atoms with Gasteiger partial charge in [-0.2, -0.15) is 0 Å². The number of imidazole rings is 1. The van der Waals surface area contributed by atoms with E-state index >= 15 is 0 Å². The van der Waals surface area contributed by atoms with Crippen molar-refractivity contribution in [3.05, 3.63) is 52.8 Å². The van der Waals surface area contributed by atoms with Crippen molar-refractivity contribution in [2.45, 2.75) is 76.0 Å². The van der Waals surface area contributed by atoms with E-state index in [-0.39, 0.29) is 10.8 Å². The van der Waals surface area contributed by atoms with Crippen LogP contribution in [0.15, 0.2) is 30.3 Å². The lowest BCUT2D eigenvalue weighted by atomic mass is 9.44. The van der Waals surface area contributed by atoms with Crippen LogP contribution in [0.25, 0.3) is 27.6 Å². The largest absolute Gasteiger partial charge is 0.279 e. The second-order valence-corrected chi connectivity index (χ2v) is 11.5. The van der Waals surface area contributed by atoms with Gasteiger partial charge in [-0.1, -0.05) is 39.8 Å². The SMILES string of the molecule is CC12CCC1c1cc3nc4c5ccccc5nc5n4c3c(c12)C1CCC5(C)C1(C)C. The highest BCUT2D eigenvalue weighted by atomic mass is 15.1. The van der Waals surface area contributed by atoms with E-state index in [2.05, 4.69) is 62.4 Å². The standard InChI is InChI=1S/C27H27N3/c1-25(2)17-10-12-27(25,4)24-29-18-8-6-5-7-14(18)23-28-19-13-15-16-9-11-26(16,3)21(15)20(17)22(19)30(23)24/h5-8,13,16-17H,9-12H2,1-4H3. The van der Waals surface area contributed by atoms with Crippen LogP contribution < -0.4 is 0 Å². The van der Waals surface area contributed by atoms with Crippen molar-refractivity contribution in [2.75, 3.05) is 0 Å². The lowest BCUT2D eigenvalue weighted by Gasteiger charge is -2.59. The van der Waals surface area contributed by atoms with Crippen molar-refractivity contribution >= 4 is 27.6 Å². The molecule has 1 aliphatic heterocycles. The summed E-state index contributed by atoms with van der Waals surface area (Å²) in [5, 5.41) is 1.18. The normalized spacial score (nSPS) is 34.7. The maximum absolute atomic E-state index is 5.35. The molecule has 3 heteroatoms. The highest BCUT2D eigenvalue weighted by Crippen LogP contribution is 2.70. The molecule has 0 amide bonds. The Balaban J connectivity index is 1.68. The third kappa shape index (κ3) is 1.39. The van der Waals surface area contributed by atoms with Gasteiger partial charge in [-0.15, -0.1) is 0 Å². The fraction of sp³-hybridized carbons (Fsp3) is 0.481. The number of aromatic nitrogens is 3. The smallest absolute Gasteiger partial charge is 0.148 e. The molecule has 30 heavy (non-hydrogen) atoms. The predicted molar refractivity (Wildman–Crippen MR) is 120 cm³/mol. The average molecular weight is 394 g/mol. The number of hydrogen-bond acceptors (Lipinski definition) is 2. The van der Waals surface area contributed by atoms with Gasteiger partial charge in [0.05, 0.1) is 16.6 Å². The molecule has 150 valence electrons. The summed E-state index contributed by atoms with van der Waals surface area (Å²) in [6.45, 7) is 10.0. The van der Waals surface area contributed by atoms with Crippen molar-refractivity contribution in [1.82, 2.24) is 14.4 Å². The zero-order chi connectivity index (χ0) is 20.2. The monoisotopic (exact) mass is 393 g/mol. The van der Waals surface area contributed by atoms with E-state index in [1.54, 1.807) is 16.7 Å². The molecule has 8 rings (SSSR count). The number of hydrogen-bond donors (Lipinski definition) is 0. The van der Waals surface area contributed by atoms with E-state index in [0.717, 1.165) is 17.1 Å². The predicted octanol–water partition coefficient (Wildman–Crippen LogP) is 6.36. The molecule has 2 bridgehead atoms. The third-order valence-electron chi connectivity index (χ3n) is 10.3. The Morgan fingerprint density at radius 1 is 0.933 bits per heavy atom. The van der Waals surface area contributed by atoms with Gasteiger partial charge in [-0.05, 0) is 77.8 Å². The van der Waals surface area contributed by atoms with E-state index in [0.29, 0.717) is 11.3 Å². The molecule has 2 aromatic carbocycles. The van der Waals surface area contributed by atoms with Gasteiger partial charge in [0.15, 0.2) is 0 Å². The van der Waals surface area contributed by atoms with Gasteiger partial charge in [-0.3, -0.25) is 4.40 Å². The van der Waals surface area contributed by atoms with Crippen LogP contribution in [0.1, 0.15) is 87.7 Å². The highest BCUT2D eigenvalue weighted by molar-refractivity contribution is 5.99. The van der Waals surface area contributed by atoms with E-state index in [1.165, 1.54) is 47.9 Å². The third-order valence-corrected chi connectivity index (χ3v) is 10.3. The molecule has 0 N–H and O–H groups in total. The lowest BCUT2D eigenvalue weighted by Crippen LogP contribution is -2.50. The van der Waals surface area contributed by atoms with Gasteiger partial charge < -0.3 is 0 Å². The van der Waals surface area contributed by atoms with Gasteiger partial charge >= 0.3 is 0 Å². The zero-order valence-electron chi connectivity index (χ0n) is 18.2. The summed E-state index contributed by atoms with van der Waals surface area (Å²) < 4.78 is 2.49. The van der Waals surface area contributed by atoms with Crippen LogP contribution in [0.4, 0.5) is 0 Å². The Hall–Kier alpha value is -2.42. The Morgan fingerprint density at radius 3 is 2.53 bits per heavy atom. The van der Waals surface area contributed by atoms with Crippen molar-refractivity contribution in [2.24, 2.45) is 5.41 Å². The molecular formula is C27H27N3. The minimum Gasteiger partial charge on any atom is -0.279 e. The number of nitrogens with zero attached hydrogens (tertiary/aromatic N) is 3. The van der Waals surface area contributed by atoms with Crippen molar-refractivity contribution in [3.63, 3.8) is 0 Å². The van der Waals surface area contributed by atoms with Crippen LogP contribution in [0, 0.1) is 5.41 Å². The molecule has 0 saturated heterocycles. The zero-order valence-corrected chi connectivity index (χ0v) is 18.2. The van der Waals surface area contributed by atoms with Gasteiger partial charge in [0.1, 0.15) is 11.5 Å². The first-order valence-corrected chi connectivity index (χ1v) is 11.6. The lowest BCUT2D eigenvalue weighted by molar-refractivity contribution is 0.156. The molecule has 3 nitrogen and oxygen atoms in total. The quantitative estimate of drug-likeness (QED) is 0.348. The molecule has 3 heterocycles. The number of rotatable bonds is 0. The molecule has 2 saturated carbocycles. The van der Waals surface area contributed by atoms with E-state index in [1.807, 2.05) is 0 Å². The van der Waals surface area contributed by atoms with Crippen LogP contribution >= 0.6 is 0 Å². The van der Waals surface area contributed by atoms with E-state index in [4.69, 9.17) is 9.97 Å². The van der Waals surface area contributed by atoms with Gasteiger partial charge in [-0.25, -0.2) is 9.97 Å². The van der Waals surface area contributed by atoms with E-state index in [9.17, 15) is 0 Å². The highest BCUT2D eigenvalue weighted by Gasteiger charge is 2.62. The molecule has 0 spiro atoms. The van der Waals surface area contributed by atoms with Crippen LogP contribution in [-0.4, -0.2) is 14.4 Å². The summed E-state index contributed by atoms with van der Waals surface area (Å²) in [5.41, 5.74) is 10.3. The minimum atomic E-state index is 0.0448. The molecule has 0 radical (unpaired) electrons. The van der Waals surface area contributed by atoms with Crippen molar-refractivity contribution in [1.29, 1.82) is 0 Å². The molecule has 4 unspecified atom stereocenters. The summed E-state index contributed by atoms with van der Waals surface area (Å²) in [4.78, 5) is 10.6. The second-order valence-electron chi connectivity index (χ2n) is 11.5. The number of para-hydroxylation sites is 1. The van der Waals surface area contributed by atoms with Gasteiger partial charge in [0, 0.05) is 16.2 Å². The average Bonchev–Trinajstić information content (AvgIpc) is 3.19. The fourth-order valence-electron chi connectivity index (χ4n) is 8.07. The number of fused-ring (bicyclic) bond motifs is 11. The van der Waals surface area contributed by atoms with Gasteiger partial charge in [0.25, 0.3) is 0 Å². The maximum Gasteiger partial charge on any atom is 0.148 e. The topological polar surface area (TPSA) is 30.2 Å². The van der Waals surface area contributed by atoms with Crippen LogP contribution in [0.3, 0.4) is 0 Å². The Labute approximate surface area is 176 Å². The summed E-state index contributed by atoms with van der Waals surface area (Å²) in [5.74, 6) is 2.57. The molecule has 4 aromatic rings. The summed E-state index contributed by atoms with van der Waals surface area (Å²) >= 11 is 0. The van der Waals surface area contributed by atoms with Crippen molar-refractivity contribution in [3.8, 4) is 0 Å². The minimum absolute atomic E-state index is 0.0448. The van der Waals surface area contributed by atoms with Crippen LogP contribution in [0.5, 0.6) is 0 Å². The second kappa shape index (κ2) is 4.44. The number of benzene rings is 2. The summed E-state index contributed by atoms with van der Waals surface area (Å²) in [7, 11) is 0. The Bertz CT molecular complexity index is 1470. The molecule has 4 atom stereocenters. The Kier molecular flexibility index (Phi) is 2.41. The van der Waals surface area contributed by atoms with E-state index < -0.39 is 0 Å². The summed E-state index contributed by atoms with van der Waals surface area (Å²) in [6.07, 6.45) is 5.16. The molecule has 2 fully saturated rings.